The number of amides is 1. The van der Waals surface area contributed by atoms with Crippen molar-refractivity contribution in [2.75, 3.05) is 25.0 Å². The highest BCUT2D eigenvalue weighted by molar-refractivity contribution is 5.81. The third kappa shape index (κ3) is 5.24. The van der Waals surface area contributed by atoms with Gasteiger partial charge in [-0.25, -0.2) is 0 Å². The molecule has 0 radical (unpaired) electrons. The standard InChI is InChI=1S/C19H21F3N2O/c1-3-24(17-7-5-4-6-8-17)14-18(25)23(2)13-15-9-11-16(12-10-15)19(20,21)22/h4-12H,3,13-14H2,1-2H3. The molecule has 0 aromatic heterocycles. The number of hydrogen-bond donors (Lipinski definition) is 0. The minimum absolute atomic E-state index is 0.0920. The fourth-order valence-electron chi connectivity index (χ4n) is 2.47. The van der Waals surface area contributed by atoms with Gasteiger partial charge in [-0.3, -0.25) is 4.79 Å². The Morgan fingerprint density at radius 3 is 2.12 bits per heavy atom. The molecule has 25 heavy (non-hydrogen) atoms. The van der Waals surface area contributed by atoms with Gasteiger partial charge in [0.25, 0.3) is 0 Å². The van der Waals surface area contributed by atoms with Gasteiger partial charge in [0.1, 0.15) is 0 Å². The van der Waals surface area contributed by atoms with Gasteiger partial charge in [-0.2, -0.15) is 13.2 Å². The Morgan fingerprint density at radius 1 is 1.00 bits per heavy atom. The molecular weight excluding hydrogens is 329 g/mol. The number of anilines is 1. The molecule has 0 atom stereocenters. The molecule has 0 spiro atoms. The van der Waals surface area contributed by atoms with Crippen LogP contribution in [0.15, 0.2) is 54.6 Å². The Balaban J connectivity index is 1.98. The number of likely N-dealkylation sites (N-methyl/N-ethyl adjacent to an activating group) is 2. The topological polar surface area (TPSA) is 23.6 Å². The van der Waals surface area contributed by atoms with Gasteiger partial charge in [-0.1, -0.05) is 30.3 Å². The van der Waals surface area contributed by atoms with Crippen LogP contribution in [0.3, 0.4) is 0 Å². The molecule has 134 valence electrons. The second-order valence-electron chi connectivity index (χ2n) is 5.79. The summed E-state index contributed by atoms with van der Waals surface area (Å²) in [6.45, 7) is 3.14. The van der Waals surface area contributed by atoms with E-state index >= 15 is 0 Å². The Kier molecular flexibility index (Phi) is 6.07. The van der Waals surface area contributed by atoms with Crippen LogP contribution in [0, 0.1) is 0 Å². The summed E-state index contributed by atoms with van der Waals surface area (Å²) in [6, 6.07) is 14.5. The Labute approximate surface area is 145 Å². The first-order chi connectivity index (χ1) is 11.8. The van der Waals surface area contributed by atoms with E-state index in [0.717, 1.165) is 17.8 Å². The molecule has 2 rings (SSSR count). The lowest BCUT2D eigenvalue weighted by Gasteiger charge is -2.26. The predicted molar refractivity (Wildman–Crippen MR) is 92.2 cm³/mol. The average molecular weight is 350 g/mol. The van der Waals surface area contributed by atoms with E-state index in [1.165, 1.54) is 17.0 Å². The fraction of sp³-hybridized carbons (Fsp3) is 0.316. The van der Waals surface area contributed by atoms with Crippen LogP contribution in [-0.2, 0) is 17.5 Å². The quantitative estimate of drug-likeness (QED) is 0.780. The zero-order chi connectivity index (χ0) is 18.4. The van der Waals surface area contributed by atoms with Gasteiger partial charge >= 0.3 is 6.18 Å². The van der Waals surface area contributed by atoms with E-state index < -0.39 is 11.7 Å². The number of carbonyl (C=O) groups is 1. The second-order valence-corrected chi connectivity index (χ2v) is 5.79. The molecule has 2 aromatic carbocycles. The van der Waals surface area contributed by atoms with Crippen LogP contribution in [0.1, 0.15) is 18.1 Å². The number of benzene rings is 2. The van der Waals surface area contributed by atoms with Gasteiger partial charge in [0.15, 0.2) is 0 Å². The summed E-state index contributed by atoms with van der Waals surface area (Å²) in [4.78, 5) is 15.9. The summed E-state index contributed by atoms with van der Waals surface area (Å²) in [5.74, 6) is -0.0920. The van der Waals surface area contributed by atoms with E-state index in [4.69, 9.17) is 0 Å². The molecule has 3 nitrogen and oxygen atoms in total. The van der Waals surface area contributed by atoms with Crippen molar-refractivity contribution in [2.45, 2.75) is 19.6 Å². The van der Waals surface area contributed by atoms with Crippen molar-refractivity contribution < 1.29 is 18.0 Å². The largest absolute Gasteiger partial charge is 0.416 e. The number of alkyl halides is 3. The maximum absolute atomic E-state index is 12.6. The Hall–Kier alpha value is -2.50. The highest BCUT2D eigenvalue weighted by Crippen LogP contribution is 2.29. The monoisotopic (exact) mass is 350 g/mol. The van der Waals surface area contributed by atoms with Gasteiger partial charge in [0.2, 0.25) is 5.91 Å². The first-order valence-electron chi connectivity index (χ1n) is 8.01. The lowest BCUT2D eigenvalue weighted by atomic mass is 10.1. The first kappa shape index (κ1) is 18.8. The molecular formula is C19H21F3N2O. The summed E-state index contributed by atoms with van der Waals surface area (Å²) in [6.07, 6.45) is -4.35. The molecule has 0 aliphatic rings. The third-order valence-corrected chi connectivity index (χ3v) is 3.96. The van der Waals surface area contributed by atoms with Crippen LogP contribution in [0.2, 0.25) is 0 Å². The minimum atomic E-state index is -4.35. The second kappa shape index (κ2) is 8.05. The van der Waals surface area contributed by atoms with Gasteiger partial charge in [-0.15, -0.1) is 0 Å². The highest BCUT2D eigenvalue weighted by atomic mass is 19.4. The molecule has 0 saturated heterocycles. The number of para-hydroxylation sites is 1. The molecule has 2 aromatic rings. The fourth-order valence-corrected chi connectivity index (χ4v) is 2.47. The maximum atomic E-state index is 12.6. The average Bonchev–Trinajstić information content (AvgIpc) is 2.59. The zero-order valence-electron chi connectivity index (χ0n) is 14.3. The lowest BCUT2D eigenvalue weighted by Crippen LogP contribution is -2.38. The molecule has 0 bridgehead atoms. The first-order valence-corrected chi connectivity index (χ1v) is 8.01. The Morgan fingerprint density at radius 2 is 1.60 bits per heavy atom. The number of hydrogen-bond acceptors (Lipinski definition) is 2. The van der Waals surface area contributed by atoms with Crippen molar-refractivity contribution >= 4 is 11.6 Å². The van der Waals surface area contributed by atoms with Crippen LogP contribution in [0.5, 0.6) is 0 Å². The normalized spacial score (nSPS) is 11.2. The van der Waals surface area contributed by atoms with Crippen molar-refractivity contribution in [3.63, 3.8) is 0 Å². The molecule has 0 saturated carbocycles. The van der Waals surface area contributed by atoms with E-state index in [1.807, 2.05) is 42.2 Å². The van der Waals surface area contributed by atoms with E-state index in [0.29, 0.717) is 12.1 Å². The summed E-state index contributed by atoms with van der Waals surface area (Å²) >= 11 is 0. The summed E-state index contributed by atoms with van der Waals surface area (Å²) in [5.41, 5.74) is 0.930. The number of nitrogens with zero attached hydrogens (tertiary/aromatic N) is 2. The van der Waals surface area contributed by atoms with Gasteiger partial charge in [0, 0.05) is 25.8 Å². The molecule has 0 N–H and O–H groups in total. The van der Waals surface area contributed by atoms with E-state index in [-0.39, 0.29) is 19.0 Å². The van der Waals surface area contributed by atoms with Crippen LogP contribution >= 0.6 is 0 Å². The van der Waals surface area contributed by atoms with Crippen molar-refractivity contribution in [1.29, 1.82) is 0 Å². The zero-order valence-corrected chi connectivity index (χ0v) is 14.3. The van der Waals surface area contributed by atoms with Crippen molar-refractivity contribution in [3.05, 3.63) is 65.7 Å². The highest BCUT2D eigenvalue weighted by Gasteiger charge is 2.30. The van der Waals surface area contributed by atoms with Crippen molar-refractivity contribution in [2.24, 2.45) is 0 Å². The molecule has 0 heterocycles. The van der Waals surface area contributed by atoms with Crippen LogP contribution in [0.4, 0.5) is 18.9 Å². The molecule has 0 aliphatic heterocycles. The van der Waals surface area contributed by atoms with E-state index in [9.17, 15) is 18.0 Å². The SMILES string of the molecule is CCN(CC(=O)N(C)Cc1ccc(C(F)(F)F)cc1)c1ccccc1. The van der Waals surface area contributed by atoms with Gasteiger partial charge in [-0.05, 0) is 36.8 Å². The number of carbonyl (C=O) groups excluding carboxylic acids is 1. The maximum Gasteiger partial charge on any atom is 0.416 e. The molecule has 1 amide bonds. The van der Waals surface area contributed by atoms with Crippen LogP contribution in [0.25, 0.3) is 0 Å². The number of rotatable bonds is 6. The minimum Gasteiger partial charge on any atom is -0.362 e. The Bertz CT molecular complexity index is 684. The summed E-state index contributed by atoms with van der Waals surface area (Å²) < 4.78 is 37.8. The van der Waals surface area contributed by atoms with Crippen molar-refractivity contribution in [3.8, 4) is 0 Å². The third-order valence-electron chi connectivity index (χ3n) is 3.96. The van der Waals surface area contributed by atoms with Gasteiger partial charge < -0.3 is 9.80 Å². The van der Waals surface area contributed by atoms with Gasteiger partial charge in [0.05, 0.1) is 12.1 Å². The smallest absolute Gasteiger partial charge is 0.362 e. The molecule has 0 fully saturated rings. The summed E-state index contributed by atoms with van der Waals surface area (Å²) in [7, 11) is 1.65. The van der Waals surface area contributed by atoms with Crippen LogP contribution in [-0.4, -0.2) is 30.9 Å². The van der Waals surface area contributed by atoms with Crippen LogP contribution < -0.4 is 4.90 Å². The predicted octanol–water partition coefficient (Wildman–Crippen LogP) is 4.19. The molecule has 0 aliphatic carbocycles. The molecule has 0 unspecified atom stereocenters. The van der Waals surface area contributed by atoms with E-state index in [1.54, 1.807) is 7.05 Å². The molecule has 6 heteroatoms. The van der Waals surface area contributed by atoms with Crippen molar-refractivity contribution in [1.82, 2.24) is 4.90 Å². The summed E-state index contributed by atoms with van der Waals surface area (Å²) in [5, 5.41) is 0. The lowest BCUT2D eigenvalue weighted by molar-refractivity contribution is -0.137. The van der Waals surface area contributed by atoms with E-state index in [2.05, 4.69) is 0 Å². The number of halogens is 3.